The highest BCUT2D eigenvalue weighted by Crippen LogP contribution is 2.39. The van der Waals surface area contributed by atoms with Crippen LogP contribution in [0.25, 0.3) is 5.69 Å². The zero-order valence-corrected chi connectivity index (χ0v) is 25.5. The van der Waals surface area contributed by atoms with Crippen LogP contribution in [0.15, 0.2) is 78.9 Å². The minimum Gasteiger partial charge on any atom is -0.475 e. The van der Waals surface area contributed by atoms with Crippen LogP contribution in [0.5, 0.6) is 5.88 Å². The number of ether oxygens (including phenoxy) is 2. The molecule has 1 saturated heterocycles. The first-order chi connectivity index (χ1) is 22.3. The quantitative estimate of drug-likeness (QED) is 0.189. The Morgan fingerprint density at radius 1 is 1.02 bits per heavy atom. The Balaban J connectivity index is 1.51. The van der Waals surface area contributed by atoms with Gasteiger partial charge in [-0.1, -0.05) is 54.6 Å². The van der Waals surface area contributed by atoms with Gasteiger partial charge in [0.25, 0.3) is 5.88 Å². The summed E-state index contributed by atoms with van der Waals surface area (Å²) < 4.78 is 40.5. The zero-order chi connectivity index (χ0) is 32.6. The number of rotatable bonds is 12. The Bertz CT molecular complexity index is 1640. The largest absolute Gasteiger partial charge is 0.475 e. The molecule has 1 aliphatic rings. The lowest BCUT2D eigenvalue weighted by molar-refractivity contribution is 0.159. The summed E-state index contributed by atoms with van der Waals surface area (Å²) in [5.41, 5.74) is 1.87. The third-order valence-electron chi connectivity index (χ3n) is 7.72. The second-order valence-corrected chi connectivity index (χ2v) is 10.8. The Kier molecular flexibility index (Phi) is 10.5. The van der Waals surface area contributed by atoms with E-state index in [4.69, 9.17) is 9.47 Å². The third kappa shape index (κ3) is 7.44. The second kappa shape index (κ2) is 14.8. The Morgan fingerprint density at radius 2 is 1.74 bits per heavy atom. The maximum atomic E-state index is 14.2. The van der Waals surface area contributed by atoms with Gasteiger partial charge in [-0.3, -0.25) is 15.1 Å². The van der Waals surface area contributed by atoms with Crippen LogP contribution in [0, 0.1) is 11.6 Å². The first-order valence-electron chi connectivity index (χ1n) is 14.9. The number of carboxylic acid groups (broad SMARTS) is 1. The van der Waals surface area contributed by atoms with Crippen LogP contribution in [0.1, 0.15) is 24.0 Å². The summed E-state index contributed by atoms with van der Waals surface area (Å²) in [5, 5.41) is 20.8. The van der Waals surface area contributed by atoms with Crippen molar-refractivity contribution in [3.63, 3.8) is 0 Å². The number of anilines is 2. The number of hydrogen-bond acceptors (Lipinski definition) is 6. The van der Waals surface area contributed by atoms with E-state index < -0.39 is 29.8 Å². The fraction of sp³-hybridized carbons (Fsp3) is 0.303. The van der Waals surface area contributed by atoms with E-state index in [2.05, 4.69) is 20.6 Å². The number of para-hydroxylation sites is 1. The molecule has 0 radical (unpaired) electrons. The smallest absolute Gasteiger partial charge is 0.412 e. The molecular weight excluding hydrogens is 598 g/mol. The molecule has 3 aromatic carbocycles. The van der Waals surface area contributed by atoms with Gasteiger partial charge < -0.3 is 19.9 Å². The molecule has 0 unspecified atom stereocenters. The number of benzene rings is 3. The number of amides is 3. The Labute approximate surface area is 265 Å². The van der Waals surface area contributed by atoms with Gasteiger partial charge in [-0.05, 0) is 42.3 Å². The molecule has 1 aliphatic heterocycles. The number of aromatic nitrogens is 2. The fourth-order valence-electron chi connectivity index (χ4n) is 5.57. The van der Waals surface area contributed by atoms with Gasteiger partial charge in [0, 0.05) is 32.7 Å². The van der Waals surface area contributed by atoms with E-state index in [1.807, 2.05) is 12.1 Å². The Hall–Kier alpha value is -5.01. The lowest BCUT2D eigenvalue weighted by Gasteiger charge is -2.23. The number of nitrogens with one attached hydrogen (secondary N) is 2. The first-order valence-corrected chi connectivity index (χ1v) is 14.9. The van der Waals surface area contributed by atoms with Crippen molar-refractivity contribution in [1.82, 2.24) is 20.0 Å². The summed E-state index contributed by atoms with van der Waals surface area (Å²) in [5.74, 6) is -2.19. The predicted molar refractivity (Wildman–Crippen MR) is 169 cm³/mol. The summed E-state index contributed by atoms with van der Waals surface area (Å²) in [6.07, 6.45) is -1.27. The van der Waals surface area contributed by atoms with Crippen molar-refractivity contribution < 1.29 is 33.0 Å². The zero-order valence-electron chi connectivity index (χ0n) is 25.5. The van der Waals surface area contributed by atoms with E-state index in [0.29, 0.717) is 43.1 Å². The van der Waals surface area contributed by atoms with Crippen molar-refractivity contribution in [2.24, 2.45) is 0 Å². The molecule has 0 spiro atoms. The van der Waals surface area contributed by atoms with Crippen molar-refractivity contribution in [3.8, 4) is 11.6 Å². The first kappa shape index (κ1) is 32.4. The number of methoxy groups -OCH3 is 1. The molecule has 11 nitrogen and oxygen atoms in total. The average Bonchev–Trinajstić information content (AvgIpc) is 3.61. The molecule has 5 rings (SSSR count). The SMILES string of the molecule is CCOc1nn(-c2ccccc2)c(NC(=O)N[C@@H]2CN(CCOC)C[C@H]2c2ccc(F)c(F)c2)c1N(Cc1ccccc1)C(=O)O. The summed E-state index contributed by atoms with van der Waals surface area (Å²) in [7, 11) is 1.59. The molecule has 242 valence electrons. The number of hydrogen-bond donors (Lipinski definition) is 3. The highest BCUT2D eigenvalue weighted by molar-refractivity contribution is 5.99. The molecule has 1 fully saturated rings. The molecule has 2 heterocycles. The van der Waals surface area contributed by atoms with Gasteiger partial charge in [0.2, 0.25) is 0 Å². The number of halogens is 2. The molecule has 3 N–H and O–H groups in total. The maximum absolute atomic E-state index is 14.2. The van der Waals surface area contributed by atoms with Crippen LogP contribution in [0.4, 0.5) is 29.9 Å². The van der Waals surface area contributed by atoms with Gasteiger partial charge in [0.15, 0.2) is 23.1 Å². The standard InChI is InChI=1S/C33H36F2N6O5/c1-3-46-31-29(40(33(43)44)19-22-10-6-4-7-11-22)30(41(38-31)24-12-8-5-9-13-24)37-32(42)36-28-21-39(16-17-45-2)20-25(28)23-14-15-26(34)27(35)18-23/h4-15,18,25,28H,3,16-17,19-21H2,1-2H3,(H,43,44)(H2,36,37,42)/t25-,28+/m0/s1. The fourth-order valence-corrected chi connectivity index (χ4v) is 5.57. The molecule has 0 bridgehead atoms. The topological polar surface area (TPSA) is 121 Å². The molecule has 4 aromatic rings. The summed E-state index contributed by atoms with van der Waals surface area (Å²) in [4.78, 5) is 29.7. The highest BCUT2D eigenvalue weighted by atomic mass is 19.2. The number of nitrogens with zero attached hydrogens (tertiary/aromatic N) is 4. The van der Waals surface area contributed by atoms with Crippen LogP contribution < -0.4 is 20.3 Å². The van der Waals surface area contributed by atoms with Crippen molar-refractivity contribution in [2.45, 2.75) is 25.4 Å². The minimum absolute atomic E-state index is 0.0197. The lowest BCUT2D eigenvalue weighted by Crippen LogP contribution is -2.43. The molecule has 2 atom stereocenters. The number of carbonyl (C=O) groups excluding carboxylic acids is 1. The van der Waals surface area contributed by atoms with E-state index in [9.17, 15) is 23.5 Å². The van der Waals surface area contributed by atoms with Gasteiger partial charge in [-0.2, -0.15) is 0 Å². The second-order valence-electron chi connectivity index (χ2n) is 10.8. The third-order valence-corrected chi connectivity index (χ3v) is 7.72. The van der Waals surface area contributed by atoms with Gasteiger partial charge in [-0.25, -0.2) is 23.1 Å². The van der Waals surface area contributed by atoms with Crippen LogP contribution in [-0.4, -0.2) is 77.9 Å². The van der Waals surface area contributed by atoms with E-state index in [-0.39, 0.29) is 36.5 Å². The van der Waals surface area contributed by atoms with E-state index >= 15 is 0 Å². The van der Waals surface area contributed by atoms with Gasteiger partial charge >= 0.3 is 12.1 Å². The Morgan fingerprint density at radius 3 is 2.39 bits per heavy atom. The predicted octanol–water partition coefficient (Wildman–Crippen LogP) is 5.47. The summed E-state index contributed by atoms with van der Waals surface area (Å²) >= 11 is 0. The van der Waals surface area contributed by atoms with Gasteiger partial charge in [0.1, 0.15) is 0 Å². The monoisotopic (exact) mass is 634 g/mol. The van der Waals surface area contributed by atoms with Gasteiger partial charge in [-0.15, -0.1) is 5.10 Å². The van der Waals surface area contributed by atoms with Crippen LogP contribution in [0.3, 0.4) is 0 Å². The molecule has 0 saturated carbocycles. The summed E-state index contributed by atoms with van der Waals surface area (Å²) in [6, 6.07) is 20.6. The number of carbonyl (C=O) groups is 2. The molecular formula is C33H36F2N6O5. The molecule has 1 aromatic heterocycles. The lowest BCUT2D eigenvalue weighted by atomic mass is 9.94. The normalized spacial score (nSPS) is 16.3. The van der Waals surface area contributed by atoms with E-state index in [1.54, 1.807) is 62.6 Å². The molecule has 3 amide bonds. The average molecular weight is 635 g/mol. The molecule has 0 aliphatic carbocycles. The van der Waals surface area contributed by atoms with Crippen LogP contribution in [0.2, 0.25) is 0 Å². The van der Waals surface area contributed by atoms with E-state index in [0.717, 1.165) is 17.0 Å². The van der Waals surface area contributed by atoms with Crippen LogP contribution >= 0.6 is 0 Å². The van der Waals surface area contributed by atoms with Gasteiger partial charge in [0.05, 0.1) is 31.5 Å². The van der Waals surface area contributed by atoms with Crippen LogP contribution in [-0.2, 0) is 11.3 Å². The van der Waals surface area contributed by atoms with E-state index in [1.165, 1.54) is 10.7 Å². The summed E-state index contributed by atoms with van der Waals surface area (Å²) in [6.45, 7) is 3.83. The van der Waals surface area contributed by atoms with Crippen molar-refractivity contribution in [3.05, 3.63) is 102 Å². The molecule has 13 heteroatoms. The van der Waals surface area contributed by atoms with Crippen molar-refractivity contribution in [2.75, 3.05) is 50.2 Å². The van der Waals surface area contributed by atoms with Crippen molar-refractivity contribution in [1.29, 1.82) is 0 Å². The minimum atomic E-state index is -1.27. The number of urea groups is 1. The molecule has 46 heavy (non-hydrogen) atoms. The van der Waals surface area contributed by atoms with Crippen molar-refractivity contribution >= 4 is 23.6 Å². The number of likely N-dealkylation sites (tertiary alicyclic amines) is 1. The highest BCUT2D eigenvalue weighted by Gasteiger charge is 2.36. The maximum Gasteiger partial charge on any atom is 0.412 e.